The Morgan fingerprint density at radius 3 is 1.51 bits per heavy atom. The van der Waals surface area contributed by atoms with E-state index >= 15 is 23.6 Å². The van der Waals surface area contributed by atoms with Gasteiger partial charge in [0.25, 0.3) is 0 Å². The smallest absolute Gasteiger partial charge is 0.463 e. The molecule has 0 aromatic rings. The van der Waals surface area contributed by atoms with E-state index in [2.05, 4.69) is 0 Å². The van der Waals surface area contributed by atoms with Gasteiger partial charge in [0.1, 0.15) is 54.9 Å². The molecule has 0 bridgehead atoms. The number of halogens is 1. The number of ketones is 6. The lowest BCUT2D eigenvalue weighted by Crippen LogP contribution is -2.69. The van der Waals surface area contributed by atoms with Crippen molar-refractivity contribution in [3.63, 3.8) is 0 Å². The minimum absolute atomic E-state index is 0.0142. The monoisotopic (exact) mass is 1980 g/mol. The van der Waals surface area contributed by atoms with Gasteiger partial charge in [-0.25, -0.2) is 9.18 Å². The van der Waals surface area contributed by atoms with Crippen molar-refractivity contribution in [2.45, 2.75) is 314 Å². The van der Waals surface area contributed by atoms with Crippen molar-refractivity contribution in [1.29, 1.82) is 0 Å². The van der Waals surface area contributed by atoms with E-state index in [0.29, 0.717) is 18.4 Å². The molecule has 2 N–H and O–H groups in total. The summed E-state index contributed by atoms with van der Waals surface area (Å²) in [5.74, 6) is -20.2. The lowest BCUT2D eigenvalue weighted by molar-refractivity contribution is -0.220. The van der Waals surface area contributed by atoms with Crippen LogP contribution in [0.2, 0.25) is 0 Å². The molecule has 4 fully saturated rings. The van der Waals surface area contributed by atoms with Crippen LogP contribution < -0.4 is 0 Å². The highest BCUT2D eigenvalue weighted by atomic mass is 19.1. The average molecular weight is 1980 g/mol. The number of likely N-dealkylation sites (N-methyl/N-ethyl adjacent to an activating group) is 7. The Morgan fingerprint density at radius 2 is 0.993 bits per heavy atom. The standard InChI is InChI=1S/C104H164FN7O28/c1-28-30-31-66(15)93(140-100(131)139-59-138-90(124)37-35-88(122)136-45-43-134-41-40-133-42-44-135-87(121)34-36-89(123)137-58-85(119)104(132)69(18)52-75-74-33-32-71-54-72(113)38-39-101(71,19)103(74,105)84(118)56-102(75,104)20)92-83(117)53-70(29-2)95(126)106(21)57-86(120)107(22)76(46-60(3)4)82(116)55-73(64(11)12)96(127)108(23)77(47-61(5)6)81(115)50-67(16)80(114)51-68(17)94(125)109(24)78(48-62(7)8)97(128)110(25)79(49-63(9)10)98(129)111(26)91(65(13)14)99(130)112(92)27/h28,30,38-39,54,60-70,73-79,84,91-93,118,132H,29,31-37,40-53,55-59H2,1-27H3/b30-28+/t66-,67?,68?,69-,70?,73?,74?,75?,76+,77?,78?,79?,84+,91?,92?,93-,101+,102+,103+,104+/m1/s1. The Kier molecular flexibility index (Phi) is 46.8. The van der Waals surface area contributed by atoms with E-state index in [9.17, 15) is 77.3 Å². The molecule has 5 rings (SSSR count). The normalized spacial score (nSPS) is 29.2. The van der Waals surface area contributed by atoms with Crippen molar-refractivity contribution in [2.75, 3.05) is 109 Å². The fraction of sp³-hybridized carbons (Fsp3) is 0.769. The van der Waals surface area contributed by atoms with Gasteiger partial charge in [-0.05, 0) is 143 Å². The number of Topliss-reactive ketones (excluding diaryl/α,β-unsaturated/α-hetero) is 5. The van der Waals surface area contributed by atoms with Gasteiger partial charge in [-0.1, -0.05) is 148 Å². The van der Waals surface area contributed by atoms with Gasteiger partial charge < -0.3 is 82.4 Å². The summed E-state index contributed by atoms with van der Waals surface area (Å²) in [5.41, 5.74) is -6.22. The first-order valence-corrected chi connectivity index (χ1v) is 50.0. The lowest BCUT2D eigenvalue weighted by atomic mass is 9.44. The number of carbonyl (C=O) groups excluding carboxylic acids is 18. The molecule has 0 aromatic carbocycles. The van der Waals surface area contributed by atoms with Crippen LogP contribution in [-0.4, -0.2) is 319 Å². The highest BCUT2D eigenvalue weighted by Crippen LogP contribution is 2.71. The fourth-order valence-electron chi connectivity index (χ4n) is 21.0. The second-order valence-electron chi connectivity index (χ2n) is 42.4. The highest BCUT2D eigenvalue weighted by Gasteiger charge is 2.76. The summed E-state index contributed by atoms with van der Waals surface area (Å²) in [4.78, 5) is 266. The third-order valence-electron chi connectivity index (χ3n) is 29.4. The van der Waals surface area contributed by atoms with Crippen molar-refractivity contribution in [2.24, 2.45) is 93.7 Å². The Labute approximate surface area is 827 Å². The van der Waals surface area contributed by atoms with E-state index in [1.54, 1.807) is 95.2 Å². The molecule has 790 valence electrons. The second-order valence-corrected chi connectivity index (χ2v) is 42.4. The van der Waals surface area contributed by atoms with E-state index < -0.39 is 282 Å². The molecule has 1 aliphatic heterocycles. The SMILES string of the molecule is C/C=C/C[C@@H](C)[C@@H](OC(=O)OCOC(=O)CCC(=O)OCCOCCOCCOC(=O)CCC(=O)OCC(=O)[C@@]1(O)[C@H](C)CC2C3CCC4=CC(=O)C=C[C@]4(C)[C@@]3(F)[C@@H](O)C[C@@]21C)C1C(=O)CC(CC)C(=O)N(C)CC(=O)N(C)[C@@H](CC(C)C)C(=O)CC(C(C)C)C(=O)N(C)C(CC(C)C)C(=O)CC(C)C(=O)CC(C)C(=O)N(C)C(CC(C)C)C(=O)N(C)C(CC(C)C)C(=O)N(C)C(C(C)C)C(=O)N1C. The van der Waals surface area contributed by atoms with Gasteiger partial charge >= 0.3 is 30.0 Å². The molecule has 7 amide bonds. The first kappa shape index (κ1) is 121. The zero-order chi connectivity index (χ0) is 106. The van der Waals surface area contributed by atoms with E-state index in [0.717, 1.165) is 9.80 Å². The summed E-state index contributed by atoms with van der Waals surface area (Å²) in [6.45, 7) is 31.8. The second kappa shape index (κ2) is 54.2. The number of aliphatic hydroxyl groups is 2. The van der Waals surface area contributed by atoms with Crippen molar-refractivity contribution in [1.82, 2.24) is 34.3 Å². The minimum Gasteiger partial charge on any atom is -0.463 e. The average Bonchev–Trinajstić information content (AvgIpc) is 1.50. The summed E-state index contributed by atoms with van der Waals surface area (Å²) in [6.07, 6.45) is 0.772. The molecule has 0 aromatic heterocycles. The van der Waals surface area contributed by atoms with Crippen LogP contribution in [0.5, 0.6) is 0 Å². The number of nitrogens with zero attached hydrogens (tertiary/aromatic N) is 7. The predicted molar refractivity (Wildman–Crippen MR) is 515 cm³/mol. The number of hydrogen-bond acceptors (Lipinski definition) is 28. The lowest BCUT2D eigenvalue weighted by Gasteiger charge is -2.62. The van der Waals surface area contributed by atoms with Crippen molar-refractivity contribution < 1.29 is 139 Å². The van der Waals surface area contributed by atoms with Crippen LogP contribution in [-0.2, 0) is 119 Å². The molecular weight excluding hydrogens is 1810 g/mol. The van der Waals surface area contributed by atoms with Crippen molar-refractivity contribution in [3.8, 4) is 0 Å². The Hall–Kier alpha value is -9.55. The first-order valence-electron chi connectivity index (χ1n) is 50.0. The molecule has 140 heavy (non-hydrogen) atoms. The van der Waals surface area contributed by atoms with Crippen LogP contribution in [0.4, 0.5) is 9.18 Å². The third-order valence-corrected chi connectivity index (χ3v) is 29.4. The van der Waals surface area contributed by atoms with Crippen molar-refractivity contribution in [3.05, 3.63) is 36.0 Å². The topological polar surface area (TPSA) is 444 Å². The zero-order valence-electron chi connectivity index (χ0n) is 88.2. The fourth-order valence-corrected chi connectivity index (χ4v) is 21.0. The molecule has 3 saturated carbocycles. The maximum Gasteiger partial charge on any atom is 0.511 e. The Morgan fingerprint density at radius 1 is 0.521 bits per heavy atom. The van der Waals surface area contributed by atoms with Gasteiger partial charge in [0.15, 0.2) is 35.4 Å². The van der Waals surface area contributed by atoms with E-state index in [1.165, 1.54) is 92.1 Å². The number of aliphatic hydroxyl groups excluding tert-OH is 1. The molecule has 20 atom stereocenters. The molecule has 36 heteroatoms. The van der Waals surface area contributed by atoms with Crippen LogP contribution in [0.1, 0.15) is 254 Å². The number of amides is 7. The summed E-state index contributed by atoms with van der Waals surface area (Å²) >= 11 is 0. The zero-order valence-corrected chi connectivity index (χ0v) is 88.2. The number of rotatable bonds is 36. The number of allylic oxidation sites excluding steroid dienone is 6. The molecule has 5 aliphatic rings. The molecule has 11 unspecified atom stereocenters. The van der Waals surface area contributed by atoms with Crippen LogP contribution in [0.15, 0.2) is 36.0 Å². The molecule has 0 spiro atoms. The third kappa shape index (κ3) is 30.8. The highest BCUT2D eigenvalue weighted by molar-refractivity contribution is 6.02. The van der Waals surface area contributed by atoms with Crippen LogP contribution >= 0.6 is 0 Å². The van der Waals surface area contributed by atoms with E-state index in [-0.39, 0.29) is 140 Å². The molecule has 4 aliphatic carbocycles. The summed E-state index contributed by atoms with van der Waals surface area (Å²) < 4.78 is 60.7. The largest absolute Gasteiger partial charge is 0.511 e. The molecule has 0 radical (unpaired) electrons. The maximum absolute atomic E-state index is 17.6. The molecule has 35 nitrogen and oxygen atoms in total. The van der Waals surface area contributed by atoms with Crippen LogP contribution in [0.25, 0.3) is 0 Å². The van der Waals surface area contributed by atoms with Crippen molar-refractivity contribution >= 4 is 106 Å². The number of carbonyl (C=O) groups is 18. The van der Waals surface area contributed by atoms with Gasteiger partial charge in [-0.15, -0.1) is 0 Å². The van der Waals surface area contributed by atoms with Gasteiger partial charge in [0.05, 0.1) is 76.8 Å². The Bertz CT molecular complexity index is 4450. The van der Waals surface area contributed by atoms with Gasteiger partial charge in [-0.3, -0.25) is 81.5 Å². The number of ether oxygens (including phenoxy) is 8. The molecule has 1 saturated heterocycles. The van der Waals surface area contributed by atoms with Crippen LogP contribution in [0, 0.1) is 93.7 Å². The van der Waals surface area contributed by atoms with Crippen LogP contribution in [0.3, 0.4) is 0 Å². The number of esters is 4. The first-order chi connectivity index (χ1) is 65.3. The summed E-state index contributed by atoms with van der Waals surface area (Å²) in [6, 6.07) is -7.82. The van der Waals surface area contributed by atoms with E-state index in [1.807, 2.05) is 55.4 Å². The predicted octanol–water partition coefficient (Wildman–Crippen LogP) is 10.4. The molecular formula is C104H164FN7O28. The van der Waals surface area contributed by atoms with Gasteiger partial charge in [0, 0.05) is 115 Å². The van der Waals surface area contributed by atoms with Gasteiger partial charge in [-0.2, -0.15) is 0 Å². The maximum atomic E-state index is 17.6. The molecule has 1 heterocycles. The number of alkyl halides is 1. The minimum atomic E-state index is -2.18. The number of fused-ring (bicyclic) bond motifs is 5. The summed E-state index contributed by atoms with van der Waals surface area (Å²) in [7, 11) is 9.82. The quantitative estimate of drug-likeness (QED) is 0.0193. The summed E-state index contributed by atoms with van der Waals surface area (Å²) in [5, 5.41) is 23.9. The Balaban J connectivity index is 1.28. The van der Waals surface area contributed by atoms with Gasteiger partial charge in [0.2, 0.25) is 53.9 Å². The van der Waals surface area contributed by atoms with E-state index in [4.69, 9.17) is 37.9 Å². The number of hydrogen-bond donors (Lipinski definition) is 2.